The van der Waals surface area contributed by atoms with Crippen LogP contribution in [0.25, 0.3) is 11.1 Å². The molecule has 0 heterocycles. The van der Waals surface area contributed by atoms with Gasteiger partial charge in [0.05, 0.1) is 12.5 Å². The average Bonchev–Trinajstić information content (AvgIpc) is 3.19. The van der Waals surface area contributed by atoms with Gasteiger partial charge in [-0.05, 0) is 41.5 Å². The zero-order valence-electron chi connectivity index (χ0n) is 19.3. The number of alkyl carbamates (subject to hydrolysis) is 1. The normalized spacial score (nSPS) is 18.6. The summed E-state index contributed by atoms with van der Waals surface area (Å²) in [6.45, 7) is -0.434. The minimum atomic E-state index is -0.850. The van der Waals surface area contributed by atoms with Crippen LogP contribution in [-0.2, 0) is 19.1 Å². The second kappa shape index (κ2) is 11.0. The van der Waals surface area contributed by atoms with Crippen LogP contribution in [0.2, 0.25) is 0 Å². The van der Waals surface area contributed by atoms with Crippen molar-refractivity contribution in [2.24, 2.45) is 5.92 Å². The molecule has 2 aliphatic carbocycles. The quantitative estimate of drug-likeness (QED) is 0.459. The Labute approximate surface area is 203 Å². The van der Waals surface area contributed by atoms with Crippen molar-refractivity contribution in [2.75, 3.05) is 19.7 Å². The van der Waals surface area contributed by atoms with E-state index in [0.29, 0.717) is 19.3 Å². The van der Waals surface area contributed by atoms with Crippen LogP contribution in [0.5, 0.6) is 0 Å². The summed E-state index contributed by atoms with van der Waals surface area (Å²) in [6.07, 6.45) is 1.73. The number of carboxylic acid groups (broad SMARTS) is 1. The van der Waals surface area contributed by atoms with Gasteiger partial charge in [-0.25, -0.2) is 4.79 Å². The number of benzene rings is 2. The van der Waals surface area contributed by atoms with E-state index in [1.54, 1.807) is 0 Å². The standard InChI is InChI=1S/C26H29N3O6/c30-23(27-14-24(31)29-17-7-5-6-16(12-17)25(32)33)13-28-26(34)35-15-22-20-10-3-1-8-18(20)19-9-2-4-11-21(19)22/h1-4,8-11,16-17,22H,5-7,12-15H2,(H,27,30)(H,28,34)(H,29,31)(H,32,33). The molecular weight excluding hydrogens is 450 g/mol. The summed E-state index contributed by atoms with van der Waals surface area (Å²) in [5.41, 5.74) is 4.44. The van der Waals surface area contributed by atoms with Gasteiger partial charge in [0.1, 0.15) is 13.2 Å². The van der Waals surface area contributed by atoms with Crippen molar-refractivity contribution >= 4 is 23.9 Å². The Balaban J connectivity index is 1.17. The monoisotopic (exact) mass is 479 g/mol. The second-order valence-corrected chi connectivity index (χ2v) is 8.92. The molecule has 2 aromatic carbocycles. The Morgan fingerprint density at radius 2 is 1.49 bits per heavy atom. The summed E-state index contributed by atoms with van der Waals surface area (Å²) in [5, 5.41) is 16.8. The lowest BCUT2D eigenvalue weighted by Crippen LogP contribution is -2.46. The van der Waals surface area contributed by atoms with Gasteiger partial charge in [0, 0.05) is 12.0 Å². The molecule has 0 radical (unpaired) electrons. The fourth-order valence-corrected chi connectivity index (χ4v) is 4.87. The van der Waals surface area contributed by atoms with Crippen molar-refractivity contribution < 1.29 is 29.0 Å². The van der Waals surface area contributed by atoms with Gasteiger partial charge in [-0.15, -0.1) is 0 Å². The third kappa shape index (κ3) is 5.98. The van der Waals surface area contributed by atoms with E-state index in [-0.39, 0.29) is 31.7 Å². The zero-order valence-corrected chi connectivity index (χ0v) is 19.3. The molecule has 184 valence electrons. The molecule has 2 aromatic rings. The minimum Gasteiger partial charge on any atom is -0.481 e. The molecule has 0 aliphatic heterocycles. The molecule has 9 nitrogen and oxygen atoms in total. The van der Waals surface area contributed by atoms with Gasteiger partial charge in [0.2, 0.25) is 11.8 Å². The fourth-order valence-electron chi connectivity index (χ4n) is 4.87. The highest BCUT2D eigenvalue weighted by atomic mass is 16.5. The van der Waals surface area contributed by atoms with Crippen LogP contribution in [0.15, 0.2) is 48.5 Å². The first-order valence-electron chi connectivity index (χ1n) is 11.8. The van der Waals surface area contributed by atoms with Crippen LogP contribution in [0.4, 0.5) is 4.79 Å². The van der Waals surface area contributed by atoms with Gasteiger partial charge in [0.25, 0.3) is 0 Å². The molecule has 0 bridgehead atoms. The number of fused-ring (bicyclic) bond motifs is 3. The molecule has 0 aromatic heterocycles. The smallest absolute Gasteiger partial charge is 0.407 e. The van der Waals surface area contributed by atoms with Crippen LogP contribution in [0.1, 0.15) is 42.7 Å². The number of carboxylic acids is 1. The summed E-state index contributed by atoms with van der Waals surface area (Å²) in [6, 6.07) is 15.8. The average molecular weight is 480 g/mol. The molecule has 2 aliphatic rings. The van der Waals surface area contributed by atoms with Gasteiger partial charge >= 0.3 is 12.1 Å². The van der Waals surface area contributed by atoms with E-state index in [1.165, 1.54) is 0 Å². The molecular formula is C26H29N3O6. The van der Waals surface area contributed by atoms with E-state index in [1.807, 2.05) is 48.5 Å². The van der Waals surface area contributed by atoms with Crippen molar-refractivity contribution in [1.29, 1.82) is 0 Å². The van der Waals surface area contributed by atoms with Gasteiger partial charge in [-0.2, -0.15) is 0 Å². The lowest BCUT2D eigenvalue weighted by atomic mass is 9.86. The van der Waals surface area contributed by atoms with Crippen LogP contribution >= 0.6 is 0 Å². The molecule has 4 N–H and O–H groups in total. The molecule has 4 rings (SSSR count). The summed E-state index contributed by atoms with van der Waals surface area (Å²) < 4.78 is 5.39. The maximum atomic E-state index is 12.2. The number of hydrogen-bond acceptors (Lipinski definition) is 5. The highest BCUT2D eigenvalue weighted by molar-refractivity contribution is 5.87. The van der Waals surface area contributed by atoms with E-state index in [0.717, 1.165) is 28.7 Å². The van der Waals surface area contributed by atoms with E-state index in [2.05, 4.69) is 16.0 Å². The minimum absolute atomic E-state index is 0.0776. The van der Waals surface area contributed by atoms with Gasteiger partial charge < -0.3 is 25.8 Å². The Morgan fingerprint density at radius 3 is 2.14 bits per heavy atom. The van der Waals surface area contributed by atoms with Crippen molar-refractivity contribution in [1.82, 2.24) is 16.0 Å². The van der Waals surface area contributed by atoms with Crippen molar-refractivity contribution in [3.8, 4) is 11.1 Å². The SMILES string of the molecule is O=C(CNC(=O)OCC1c2ccccc2-c2ccccc21)NCC(=O)NC1CCCC(C(=O)O)C1. The van der Waals surface area contributed by atoms with E-state index in [4.69, 9.17) is 9.84 Å². The van der Waals surface area contributed by atoms with Crippen LogP contribution in [-0.4, -0.2) is 54.7 Å². The molecule has 3 amide bonds. The highest BCUT2D eigenvalue weighted by Gasteiger charge is 2.29. The van der Waals surface area contributed by atoms with Crippen molar-refractivity contribution in [3.63, 3.8) is 0 Å². The number of aliphatic carboxylic acids is 1. The molecule has 9 heteroatoms. The molecule has 1 saturated carbocycles. The third-order valence-corrected chi connectivity index (χ3v) is 6.57. The maximum absolute atomic E-state index is 12.2. The summed E-state index contributed by atoms with van der Waals surface area (Å²) >= 11 is 0. The summed E-state index contributed by atoms with van der Waals surface area (Å²) in [7, 11) is 0. The number of nitrogens with one attached hydrogen (secondary N) is 3. The fraction of sp³-hybridized carbons (Fsp3) is 0.385. The largest absolute Gasteiger partial charge is 0.481 e. The Hall–Kier alpha value is -3.88. The molecule has 1 fully saturated rings. The molecule has 0 saturated heterocycles. The summed E-state index contributed by atoms with van der Waals surface area (Å²) in [4.78, 5) is 47.4. The predicted molar refractivity (Wildman–Crippen MR) is 128 cm³/mol. The molecule has 2 atom stereocenters. The molecule has 35 heavy (non-hydrogen) atoms. The summed E-state index contributed by atoms with van der Waals surface area (Å²) in [5.74, 6) is -2.30. The molecule has 2 unspecified atom stereocenters. The zero-order chi connectivity index (χ0) is 24.8. The maximum Gasteiger partial charge on any atom is 0.407 e. The van der Waals surface area contributed by atoms with Crippen LogP contribution < -0.4 is 16.0 Å². The second-order valence-electron chi connectivity index (χ2n) is 8.92. The number of amides is 3. The first kappa shape index (κ1) is 24.3. The molecule has 0 spiro atoms. The Kier molecular flexibility index (Phi) is 7.64. The highest BCUT2D eigenvalue weighted by Crippen LogP contribution is 2.44. The van der Waals surface area contributed by atoms with E-state index in [9.17, 15) is 19.2 Å². The van der Waals surface area contributed by atoms with E-state index >= 15 is 0 Å². The van der Waals surface area contributed by atoms with Crippen molar-refractivity contribution in [2.45, 2.75) is 37.6 Å². The lowest BCUT2D eigenvalue weighted by Gasteiger charge is -2.27. The van der Waals surface area contributed by atoms with Crippen LogP contribution in [0.3, 0.4) is 0 Å². The Morgan fingerprint density at radius 1 is 0.857 bits per heavy atom. The number of carbonyl (C=O) groups is 4. The first-order valence-corrected chi connectivity index (χ1v) is 11.8. The third-order valence-electron chi connectivity index (χ3n) is 6.57. The van der Waals surface area contributed by atoms with Crippen molar-refractivity contribution in [3.05, 3.63) is 59.7 Å². The number of hydrogen-bond donors (Lipinski definition) is 4. The van der Waals surface area contributed by atoms with Crippen LogP contribution in [0, 0.1) is 5.92 Å². The van der Waals surface area contributed by atoms with Gasteiger partial charge in [-0.3, -0.25) is 14.4 Å². The predicted octanol–water partition coefficient (Wildman–Crippen LogP) is 2.40. The Bertz CT molecular complexity index is 1070. The van der Waals surface area contributed by atoms with E-state index < -0.39 is 29.8 Å². The topological polar surface area (TPSA) is 134 Å². The van der Waals surface area contributed by atoms with Gasteiger partial charge in [-0.1, -0.05) is 55.0 Å². The number of ether oxygens (including phenoxy) is 1. The lowest BCUT2D eigenvalue weighted by molar-refractivity contribution is -0.143. The number of carbonyl (C=O) groups excluding carboxylic acids is 3. The number of rotatable bonds is 8. The van der Waals surface area contributed by atoms with Gasteiger partial charge in [0.15, 0.2) is 0 Å². The first-order chi connectivity index (χ1) is 16.9.